The van der Waals surface area contributed by atoms with E-state index < -0.39 is 6.10 Å². The van der Waals surface area contributed by atoms with Gasteiger partial charge in [0.1, 0.15) is 5.75 Å². The number of carbonyl (C=O) groups is 1. The molecule has 0 aliphatic carbocycles. The molecule has 0 spiro atoms. The maximum absolute atomic E-state index is 13.2. The number of amides is 1. The van der Waals surface area contributed by atoms with Crippen LogP contribution in [0.1, 0.15) is 30.9 Å². The molecule has 1 amide bonds. The molecule has 2 aliphatic rings. The van der Waals surface area contributed by atoms with E-state index in [-0.39, 0.29) is 5.91 Å². The highest BCUT2D eigenvalue weighted by Crippen LogP contribution is 2.39. The smallest absolute Gasteiger partial charge is 0.272 e. The number of ether oxygens (including phenoxy) is 1. The van der Waals surface area contributed by atoms with E-state index in [0.717, 1.165) is 30.9 Å². The average Bonchev–Trinajstić information content (AvgIpc) is 2.68. The van der Waals surface area contributed by atoms with Crippen LogP contribution in [0, 0.1) is 0 Å². The first-order chi connectivity index (χ1) is 12.7. The number of hydrogen-bond acceptors (Lipinski definition) is 4. The second-order valence-corrected chi connectivity index (χ2v) is 7.03. The molecule has 2 N–H and O–H groups in total. The number of hydrogen-bond donors (Lipinski definition) is 1. The molecular formula is C21H25N3O2. The monoisotopic (exact) mass is 351 g/mol. The van der Waals surface area contributed by atoms with Crippen molar-refractivity contribution in [3.63, 3.8) is 0 Å². The van der Waals surface area contributed by atoms with E-state index in [1.165, 1.54) is 19.3 Å². The minimum atomic E-state index is -0.603. The lowest BCUT2D eigenvalue weighted by Crippen LogP contribution is -2.45. The second kappa shape index (κ2) is 7.38. The molecule has 1 fully saturated rings. The van der Waals surface area contributed by atoms with Crippen molar-refractivity contribution in [3.05, 3.63) is 54.1 Å². The van der Waals surface area contributed by atoms with E-state index >= 15 is 0 Å². The van der Waals surface area contributed by atoms with Crippen LogP contribution in [-0.4, -0.2) is 37.0 Å². The van der Waals surface area contributed by atoms with Gasteiger partial charge in [-0.25, -0.2) is 0 Å². The number of nitrogens with two attached hydrogens (primary N) is 1. The van der Waals surface area contributed by atoms with E-state index in [1.807, 2.05) is 53.4 Å². The second-order valence-electron chi connectivity index (χ2n) is 7.03. The Morgan fingerprint density at radius 3 is 2.54 bits per heavy atom. The summed E-state index contributed by atoms with van der Waals surface area (Å²) in [6.45, 7) is 3.76. The molecule has 0 radical (unpaired) electrons. The summed E-state index contributed by atoms with van der Waals surface area (Å²) in [7, 11) is 0. The quantitative estimate of drug-likeness (QED) is 0.859. The average molecular weight is 351 g/mol. The zero-order chi connectivity index (χ0) is 17.9. The number of piperidine rings is 1. The topological polar surface area (TPSA) is 58.8 Å². The largest absolute Gasteiger partial charge is 0.474 e. The number of anilines is 2. The van der Waals surface area contributed by atoms with Crippen LogP contribution in [0.4, 0.5) is 11.4 Å². The number of rotatable bonds is 4. The van der Waals surface area contributed by atoms with E-state index in [1.54, 1.807) is 0 Å². The third kappa shape index (κ3) is 3.40. The van der Waals surface area contributed by atoms with Crippen LogP contribution in [0.25, 0.3) is 0 Å². The fourth-order valence-corrected chi connectivity index (χ4v) is 3.78. The number of likely N-dealkylation sites (tertiary alicyclic amines) is 1. The molecule has 1 unspecified atom stereocenters. The van der Waals surface area contributed by atoms with Crippen LogP contribution in [-0.2, 0) is 4.79 Å². The molecule has 2 aliphatic heterocycles. The van der Waals surface area contributed by atoms with Gasteiger partial charge < -0.3 is 20.3 Å². The normalized spacial score (nSPS) is 20.5. The summed E-state index contributed by atoms with van der Waals surface area (Å²) < 4.78 is 6.05. The molecule has 0 bridgehead atoms. The van der Waals surface area contributed by atoms with Gasteiger partial charge in [0.25, 0.3) is 5.91 Å². The van der Waals surface area contributed by atoms with Crippen molar-refractivity contribution >= 4 is 17.3 Å². The van der Waals surface area contributed by atoms with Crippen LogP contribution in [0.3, 0.4) is 0 Å². The van der Waals surface area contributed by atoms with E-state index in [0.29, 0.717) is 18.0 Å². The zero-order valence-corrected chi connectivity index (χ0v) is 14.9. The van der Waals surface area contributed by atoms with Gasteiger partial charge >= 0.3 is 0 Å². The first-order valence-corrected chi connectivity index (χ1v) is 9.37. The van der Waals surface area contributed by atoms with Gasteiger partial charge in [0.05, 0.1) is 5.69 Å². The molecule has 136 valence electrons. The number of benzene rings is 2. The minimum absolute atomic E-state index is 0.0219. The third-order valence-corrected chi connectivity index (χ3v) is 5.20. The van der Waals surface area contributed by atoms with Crippen molar-refractivity contribution < 1.29 is 9.53 Å². The molecule has 1 atom stereocenters. The SMILES string of the molecule is Nc1ccc2c(c1)N(CCN1CCCCC1)C(=O)C(c1ccccc1)O2. The predicted molar refractivity (Wildman–Crippen MR) is 103 cm³/mol. The maximum Gasteiger partial charge on any atom is 0.272 e. The van der Waals surface area contributed by atoms with Crippen molar-refractivity contribution in [2.45, 2.75) is 25.4 Å². The summed E-state index contributed by atoms with van der Waals surface area (Å²) >= 11 is 0. The van der Waals surface area contributed by atoms with Crippen molar-refractivity contribution in [1.29, 1.82) is 0 Å². The van der Waals surface area contributed by atoms with Gasteiger partial charge in [-0.15, -0.1) is 0 Å². The zero-order valence-electron chi connectivity index (χ0n) is 14.9. The van der Waals surface area contributed by atoms with Crippen LogP contribution in [0.5, 0.6) is 5.75 Å². The first-order valence-electron chi connectivity index (χ1n) is 9.37. The summed E-state index contributed by atoms with van der Waals surface area (Å²) in [5, 5.41) is 0. The highest BCUT2D eigenvalue weighted by Gasteiger charge is 2.35. The number of fused-ring (bicyclic) bond motifs is 1. The molecule has 5 nitrogen and oxygen atoms in total. The summed E-state index contributed by atoms with van der Waals surface area (Å²) in [4.78, 5) is 17.5. The number of nitrogens with zero attached hydrogens (tertiary/aromatic N) is 2. The van der Waals surface area contributed by atoms with Crippen molar-refractivity contribution in [2.75, 3.05) is 36.8 Å². The van der Waals surface area contributed by atoms with Gasteiger partial charge in [0.15, 0.2) is 0 Å². The van der Waals surface area contributed by atoms with Gasteiger partial charge in [-0.1, -0.05) is 36.8 Å². The van der Waals surface area contributed by atoms with Crippen molar-refractivity contribution in [1.82, 2.24) is 4.90 Å². The van der Waals surface area contributed by atoms with Crippen LogP contribution in [0.2, 0.25) is 0 Å². The molecule has 5 heteroatoms. The van der Waals surface area contributed by atoms with Gasteiger partial charge in [-0.3, -0.25) is 4.79 Å². The van der Waals surface area contributed by atoms with Crippen molar-refractivity contribution in [2.24, 2.45) is 0 Å². The van der Waals surface area contributed by atoms with Gasteiger partial charge in [0.2, 0.25) is 6.10 Å². The Morgan fingerprint density at radius 1 is 1.00 bits per heavy atom. The molecule has 2 aromatic carbocycles. The predicted octanol–water partition coefficient (Wildman–Crippen LogP) is 3.22. The maximum atomic E-state index is 13.2. The highest BCUT2D eigenvalue weighted by molar-refractivity contribution is 6.01. The Hall–Kier alpha value is -2.53. The van der Waals surface area contributed by atoms with E-state index in [9.17, 15) is 4.79 Å². The lowest BCUT2D eigenvalue weighted by Gasteiger charge is -2.36. The molecule has 0 aromatic heterocycles. The number of carbonyl (C=O) groups excluding carboxylic acids is 1. The Bertz CT molecular complexity index is 772. The Kier molecular flexibility index (Phi) is 4.80. The van der Waals surface area contributed by atoms with Crippen molar-refractivity contribution in [3.8, 4) is 5.75 Å². The fourth-order valence-electron chi connectivity index (χ4n) is 3.78. The standard InChI is InChI=1S/C21H25N3O2/c22-17-9-10-19-18(15-17)24(14-13-23-11-5-2-6-12-23)21(25)20(26-19)16-7-3-1-4-8-16/h1,3-4,7-10,15,20H,2,5-6,11-14,22H2. The lowest BCUT2D eigenvalue weighted by atomic mass is 10.0. The fraction of sp³-hybridized carbons (Fsp3) is 0.381. The van der Waals surface area contributed by atoms with E-state index in [2.05, 4.69) is 4.90 Å². The Morgan fingerprint density at radius 2 is 1.77 bits per heavy atom. The van der Waals surface area contributed by atoms with Gasteiger partial charge in [0, 0.05) is 24.3 Å². The molecule has 0 saturated carbocycles. The third-order valence-electron chi connectivity index (χ3n) is 5.20. The Labute approximate surface area is 154 Å². The van der Waals surface area contributed by atoms with E-state index in [4.69, 9.17) is 10.5 Å². The van der Waals surface area contributed by atoms with Crippen LogP contribution >= 0.6 is 0 Å². The summed E-state index contributed by atoms with van der Waals surface area (Å²) in [5.41, 5.74) is 8.27. The van der Waals surface area contributed by atoms with Gasteiger partial charge in [-0.2, -0.15) is 0 Å². The van der Waals surface area contributed by atoms with Crippen LogP contribution in [0.15, 0.2) is 48.5 Å². The summed E-state index contributed by atoms with van der Waals surface area (Å²) in [5.74, 6) is 0.692. The molecular weight excluding hydrogens is 326 g/mol. The molecule has 4 rings (SSSR count). The van der Waals surface area contributed by atoms with Gasteiger partial charge in [-0.05, 0) is 44.1 Å². The number of nitrogen functional groups attached to an aromatic ring is 1. The summed E-state index contributed by atoms with van der Waals surface area (Å²) in [6, 6.07) is 15.2. The van der Waals surface area contributed by atoms with Crippen LogP contribution < -0.4 is 15.4 Å². The summed E-state index contributed by atoms with van der Waals surface area (Å²) in [6.07, 6.45) is 3.19. The minimum Gasteiger partial charge on any atom is -0.474 e. The molecule has 2 aromatic rings. The lowest BCUT2D eigenvalue weighted by molar-refractivity contribution is -0.126. The molecule has 1 saturated heterocycles. The Balaban J connectivity index is 1.61. The highest BCUT2D eigenvalue weighted by atomic mass is 16.5. The first kappa shape index (κ1) is 16.9. The molecule has 26 heavy (non-hydrogen) atoms. The molecule has 2 heterocycles.